The molecular formula is C16H13BrN2. The van der Waals surface area contributed by atoms with Gasteiger partial charge in [0.25, 0.3) is 0 Å². The number of fused-ring (bicyclic) bond motifs is 1. The molecular weight excluding hydrogens is 300 g/mol. The van der Waals surface area contributed by atoms with Gasteiger partial charge >= 0.3 is 0 Å². The van der Waals surface area contributed by atoms with Crippen molar-refractivity contribution in [3.63, 3.8) is 0 Å². The summed E-state index contributed by atoms with van der Waals surface area (Å²) in [5.41, 5.74) is 2.40. The zero-order valence-electron chi connectivity index (χ0n) is 10.3. The van der Waals surface area contributed by atoms with Gasteiger partial charge in [-0.1, -0.05) is 34.1 Å². The Morgan fingerprint density at radius 1 is 1.00 bits per heavy atom. The van der Waals surface area contributed by atoms with E-state index in [1.807, 2.05) is 24.5 Å². The fourth-order valence-corrected chi connectivity index (χ4v) is 2.37. The summed E-state index contributed by atoms with van der Waals surface area (Å²) >= 11 is 3.44. The van der Waals surface area contributed by atoms with Crippen molar-refractivity contribution in [3.05, 3.63) is 71.0 Å². The molecule has 0 fully saturated rings. The topological polar surface area (TPSA) is 24.9 Å². The number of anilines is 1. The van der Waals surface area contributed by atoms with Crippen LogP contribution in [-0.4, -0.2) is 4.98 Å². The molecule has 0 aliphatic carbocycles. The van der Waals surface area contributed by atoms with E-state index in [0.29, 0.717) is 0 Å². The predicted octanol–water partition coefficient (Wildman–Crippen LogP) is 4.61. The molecule has 3 aromatic rings. The van der Waals surface area contributed by atoms with Crippen LogP contribution in [0.4, 0.5) is 5.69 Å². The van der Waals surface area contributed by atoms with Crippen molar-refractivity contribution in [2.24, 2.45) is 0 Å². The number of nitrogens with zero attached hydrogens (tertiary/aromatic N) is 1. The molecule has 0 aliphatic rings. The van der Waals surface area contributed by atoms with Crippen LogP contribution in [0.15, 0.2) is 65.4 Å². The van der Waals surface area contributed by atoms with Gasteiger partial charge in [0.15, 0.2) is 0 Å². The molecule has 0 amide bonds. The van der Waals surface area contributed by atoms with Gasteiger partial charge in [-0.3, -0.25) is 4.98 Å². The second-order valence-corrected chi connectivity index (χ2v) is 5.29. The van der Waals surface area contributed by atoms with E-state index in [2.05, 4.69) is 62.6 Å². The van der Waals surface area contributed by atoms with Crippen molar-refractivity contribution >= 4 is 32.4 Å². The molecule has 94 valence electrons. The lowest BCUT2D eigenvalue weighted by molar-refractivity contribution is 1.16. The summed E-state index contributed by atoms with van der Waals surface area (Å²) in [7, 11) is 0. The van der Waals surface area contributed by atoms with Gasteiger partial charge in [-0.2, -0.15) is 0 Å². The Hall–Kier alpha value is -1.87. The number of aromatic nitrogens is 1. The van der Waals surface area contributed by atoms with Gasteiger partial charge in [0.05, 0.1) is 0 Å². The van der Waals surface area contributed by atoms with Gasteiger partial charge in [-0.25, -0.2) is 0 Å². The van der Waals surface area contributed by atoms with Gasteiger partial charge in [0.2, 0.25) is 0 Å². The number of rotatable bonds is 3. The first-order chi connectivity index (χ1) is 9.33. The molecule has 0 bridgehead atoms. The fraction of sp³-hybridized carbons (Fsp3) is 0.0625. The second kappa shape index (κ2) is 5.41. The Kier molecular flexibility index (Phi) is 3.47. The van der Waals surface area contributed by atoms with Crippen LogP contribution in [0.3, 0.4) is 0 Å². The number of nitrogens with one attached hydrogen (secondary N) is 1. The maximum atomic E-state index is 4.16. The van der Waals surface area contributed by atoms with Crippen LogP contribution < -0.4 is 5.32 Å². The van der Waals surface area contributed by atoms with Gasteiger partial charge < -0.3 is 5.32 Å². The first-order valence-electron chi connectivity index (χ1n) is 6.14. The van der Waals surface area contributed by atoms with E-state index in [1.165, 1.54) is 16.3 Å². The van der Waals surface area contributed by atoms with E-state index in [-0.39, 0.29) is 0 Å². The van der Waals surface area contributed by atoms with Crippen molar-refractivity contribution in [1.82, 2.24) is 4.98 Å². The highest BCUT2D eigenvalue weighted by Crippen LogP contribution is 2.19. The highest BCUT2D eigenvalue weighted by Gasteiger charge is 2.00. The van der Waals surface area contributed by atoms with Gasteiger partial charge in [0, 0.05) is 34.5 Å². The number of benzene rings is 2. The van der Waals surface area contributed by atoms with Crippen molar-refractivity contribution in [2.45, 2.75) is 6.54 Å². The molecule has 0 saturated carbocycles. The molecule has 3 rings (SSSR count). The van der Waals surface area contributed by atoms with Crippen LogP contribution >= 0.6 is 15.9 Å². The molecule has 0 radical (unpaired) electrons. The molecule has 0 unspecified atom stereocenters. The molecule has 0 spiro atoms. The summed E-state index contributed by atoms with van der Waals surface area (Å²) in [5.74, 6) is 0. The Bertz CT molecular complexity index is 687. The number of pyridine rings is 1. The van der Waals surface area contributed by atoms with Crippen LogP contribution in [0.2, 0.25) is 0 Å². The van der Waals surface area contributed by atoms with Crippen molar-refractivity contribution < 1.29 is 0 Å². The molecule has 2 nitrogen and oxygen atoms in total. The molecule has 0 saturated heterocycles. The minimum absolute atomic E-state index is 0.809. The van der Waals surface area contributed by atoms with Crippen LogP contribution in [-0.2, 0) is 6.54 Å². The largest absolute Gasteiger partial charge is 0.381 e. The Morgan fingerprint density at radius 3 is 2.68 bits per heavy atom. The van der Waals surface area contributed by atoms with Crippen LogP contribution in [0, 0.1) is 0 Å². The van der Waals surface area contributed by atoms with E-state index in [1.54, 1.807) is 0 Å². The normalized spacial score (nSPS) is 10.6. The minimum Gasteiger partial charge on any atom is -0.381 e. The fourth-order valence-electron chi connectivity index (χ4n) is 2.11. The van der Waals surface area contributed by atoms with E-state index >= 15 is 0 Å². The molecule has 1 N–H and O–H groups in total. The van der Waals surface area contributed by atoms with Crippen LogP contribution in [0.1, 0.15) is 5.56 Å². The lowest BCUT2D eigenvalue weighted by atomic mass is 10.1. The summed E-state index contributed by atoms with van der Waals surface area (Å²) in [4.78, 5) is 4.16. The summed E-state index contributed by atoms with van der Waals surface area (Å²) in [6.07, 6.45) is 3.74. The summed E-state index contributed by atoms with van der Waals surface area (Å²) in [6.45, 7) is 0.809. The molecule has 19 heavy (non-hydrogen) atoms. The van der Waals surface area contributed by atoms with E-state index in [9.17, 15) is 0 Å². The average molecular weight is 313 g/mol. The highest BCUT2D eigenvalue weighted by molar-refractivity contribution is 9.10. The monoisotopic (exact) mass is 312 g/mol. The lowest BCUT2D eigenvalue weighted by Crippen LogP contribution is -1.99. The van der Waals surface area contributed by atoms with Crippen molar-refractivity contribution in [1.29, 1.82) is 0 Å². The predicted molar refractivity (Wildman–Crippen MR) is 83.2 cm³/mol. The maximum Gasteiger partial charge on any atom is 0.0406 e. The van der Waals surface area contributed by atoms with Crippen molar-refractivity contribution in [3.8, 4) is 0 Å². The minimum atomic E-state index is 0.809. The van der Waals surface area contributed by atoms with E-state index < -0.39 is 0 Å². The summed E-state index contributed by atoms with van der Waals surface area (Å²) in [5, 5.41) is 5.87. The van der Waals surface area contributed by atoms with E-state index in [0.717, 1.165) is 16.7 Å². The van der Waals surface area contributed by atoms with Gasteiger partial charge in [0.1, 0.15) is 0 Å². The maximum absolute atomic E-state index is 4.16. The van der Waals surface area contributed by atoms with Gasteiger partial charge in [-0.15, -0.1) is 0 Å². The summed E-state index contributed by atoms with van der Waals surface area (Å²) in [6, 6.07) is 16.6. The molecule has 1 aromatic heterocycles. The van der Waals surface area contributed by atoms with Crippen LogP contribution in [0.25, 0.3) is 10.8 Å². The third kappa shape index (κ3) is 2.76. The first-order valence-corrected chi connectivity index (χ1v) is 6.93. The Labute approximate surface area is 120 Å². The van der Waals surface area contributed by atoms with Gasteiger partial charge in [-0.05, 0) is 41.3 Å². The summed E-state index contributed by atoms with van der Waals surface area (Å²) < 4.78 is 1.09. The smallest absolute Gasteiger partial charge is 0.0406 e. The molecule has 2 aromatic carbocycles. The van der Waals surface area contributed by atoms with Crippen LogP contribution in [0.5, 0.6) is 0 Å². The quantitative estimate of drug-likeness (QED) is 0.764. The first kappa shape index (κ1) is 12.2. The number of hydrogen-bond donors (Lipinski definition) is 1. The zero-order valence-corrected chi connectivity index (χ0v) is 11.9. The number of halogens is 1. The molecule has 3 heteroatoms. The van der Waals surface area contributed by atoms with E-state index in [4.69, 9.17) is 0 Å². The zero-order chi connectivity index (χ0) is 13.1. The highest BCUT2D eigenvalue weighted by atomic mass is 79.9. The molecule has 0 atom stereocenters. The molecule has 1 heterocycles. The van der Waals surface area contributed by atoms with Crippen molar-refractivity contribution in [2.75, 3.05) is 5.32 Å². The standard InChI is InChI=1S/C16H13BrN2/c17-14-4-6-15(7-5-14)19-11-13-3-1-2-12-10-18-9-8-16(12)13/h1-10,19H,11H2. The second-order valence-electron chi connectivity index (χ2n) is 4.37. The third-order valence-corrected chi connectivity index (χ3v) is 3.63. The SMILES string of the molecule is Brc1ccc(NCc2cccc3cnccc23)cc1. The third-order valence-electron chi connectivity index (χ3n) is 3.10. The average Bonchev–Trinajstić information content (AvgIpc) is 2.47. The molecule has 0 aliphatic heterocycles. The Balaban J connectivity index is 1.84. The lowest BCUT2D eigenvalue weighted by Gasteiger charge is -2.09. The Morgan fingerprint density at radius 2 is 1.84 bits per heavy atom. The number of hydrogen-bond acceptors (Lipinski definition) is 2.